The molecule has 1 saturated heterocycles. The van der Waals surface area contributed by atoms with E-state index >= 15 is 0 Å². The monoisotopic (exact) mass is 450 g/mol. The van der Waals surface area contributed by atoms with Crippen LogP contribution in [0, 0.1) is 0 Å². The number of piperidine rings is 1. The number of ether oxygens (including phenoxy) is 2. The third kappa shape index (κ3) is 5.47. The van der Waals surface area contributed by atoms with E-state index in [9.17, 15) is 9.90 Å². The highest BCUT2D eigenvalue weighted by Gasteiger charge is 2.22. The Morgan fingerprint density at radius 1 is 1.21 bits per heavy atom. The zero-order valence-electron chi connectivity index (χ0n) is 18.9. The number of aliphatic hydroxyl groups excluding tert-OH is 1. The molecule has 2 heterocycles. The molecule has 174 valence electrons. The summed E-state index contributed by atoms with van der Waals surface area (Å²) in [6.07, 6.45) is 2.91. The number of carbonyl (C=O) groups excluding carboxylic acids is 1. The van der Waals surface area contributed by atoms with Gasteiger partial charge in [0.15, 0.2) is 12.6 Å². The minimum absolute atomic E-state index is 0.0861. The summed E-state index contributed by atoms with van der Waals surface area (Å²) in [7, 11) is 0. The number of β-amino-alcohol motifs (C(OH)–C–C–N with tert-alkyl or cyclic N) is 1. The van der Waals surface area contributed by atoms with Gasteiger partial charge in [-0.15, -0.1) is 10.2 Å². The number of benzene rings is 2. The Balaban J connectivity index is 1.68. The van der Waals surface area contributed by atoms with Gasteiger partial charge in [0.1, 0.15) is 17.7 Å². The summed E-state index contributed by atoms with van der Waals surface area (Å²) < 4.78 is 11.2. The van der Waals surface area contributed by atoms with Gasteiger partial charge in [-0.3, -0.25) is 9.69 Å². The van der Waals surface area contributed by atoms with Gasteiger partial charge in [0.25, 0.3) is 0 Å². The number of nitrogens with zero attached hydrogens (tertiary/aromatic N) is 3. The molecule has 0 amide bonds. The van der Waals surface area contributed by atoms with Crippen molar-refractivity contribution in [3.05, 3.63) is 48.0 Å². The Morgan fingerprint density at radius 2 is 2.06 bits per heavy atom. The molecule has 4 rings (SSSR count). The van der Waals surface area contributed by atoms with Crippen molar-refractivity contribution in [1.29, 1.82) is 0 Å². The lowest BCUT2D eigenvalue weighted by Gasteiger charge is -2.33. The number of likely N-dealkylation sites (tertiary alicyclic amines) is 1. The Kier molecular flexibility index (Phi) is 7.83. The SMILES string of the molecule is CCOCOc1cc(C=O)ccc1-c1nnc(NC2CCCN(CCO)C2)c2ccccc12. The lowest BCUT2D eigenvalue weighted by Crippen LogP contribution is -2.43. The molecule has 1 aliphatic rings. The smallest absolute Gasteiger partial charge is 0.189 e. The molecule has 1 atom stereocenters. The van der Waals surface area contributed by atoms with Crippen molar-refractivity contribution in [3.8, 4) is 17.0 Å². The third-order valence-corrected chi connectivity index (χ3v) is 5.85. The van der Waals surface area contributed by atoms with E-state index in [1.165, 1.54) is 0 Å². The first-order valence-electron chi connectivity index (χ1n) is 11.4. The van der Waals surface area contributed by atoms with E-state index in [1.807, 2.05) is 37.3 Å². The number of hydrogen-bond acceptors (Lipinski definition) is 8. The highest BCUT2D eigenvalue weighted by Crippen LogP contribution is 2.36. The van der Waals surface area contributed by atoms with Crippen LogP contribution in [0.4, 0.5) is 5.82 Å². The van der Waals surface area contributed by atoms with Crippen LogP contribution in [0.25, 0.3) is 22.0 Å². The highest BCUT2D eigenvalue weighted by molar-refractivity contribution is 6.01. The van der Waals surface area contributed by atoms with Crippen LogP contribution in [0.15, 0.2) is 42.5 Å². The molecule has 0 saturated carbocycles. The van der Waals surface area contributed by atoms with E-state index in [1.54, 1.807) is 12.1 Å². The van der Waals surface area contributed by atoms with Gasteiger partial charge < -0.3 is 19.9 Å². The second kappa shape index (κ2) is 11.2. The van der Waals surface area contributed by atoms with Gasteiger partial charge >= 0.3 is 0 Å². The normalized spacial score (nSPS) is 16.6. The minimum atomic E-state index is 0.0861. The fourth-order valence-corrected chi connectivity index (χ4v) is 4.24. The quantitative estimate of drug-likeness (QED) is 0.276. The molecule has 2 aromatic carbocycles. The van der Waals surface area contributed by atoms with Crippen molar-refractivity contribution < 1.29 is 19.4 Å². The molecule has 1 fully saturated rings. The molecule has 2 N–H and O–H groups in total. The van der Waals surface area contributed by atoms with Gasteiger partial charge in [0, 0.05) is 47.6 Å². The van der Waals surface area contributed by atoms with Crippen LogP contribution >= 0.6 is 0 Å². The van der Waals surface area contributed by atoms with Crippen LogP contribution in [-0.4, -0.2) is 72.2 Å². The Labute approximate surface area is 193 Å². The van der Waals surface area contributed by atoms with Crippen LogP contribution in [-0.2, 0) is 4.74 Å². The zero-order valence-corrected chi connectivity index (χ0v) is 18.9. The predicted octanol–water partition coefficient (Wildman–Crippen LogP) is 3.35. The van der Waals surface area contributed by atoms with Crippen LogP contribution in [0.3, 0.4) is 0 Å². The molecule has 8 heteroatoms. The van der Waals surface area contributed by atoms with Crippen molar-refractivity contribution in [2.45, 2.75) is 25.8 Å². The summed E-state index contributed by atoms with van der Waals surface area (Å²) >= 11 is 0. The molecule has 0 bridgehead atoms. The van der Waals surface area contributed by atoms with Gasteiger partial charge in [-0.2, -0.15) is 0 Å². The lowest BCUT2D eigenvalue weighted by atomic mass is 10.0. The largest absolute Gasteiger partial charge is 0.467 e. The van der Waals surface area contributed by atoms with Crippen LogP contribution < -0.4 is 10.1 Å². The van der Waals surface area contributed by atoms with Crippen molar-refractivity contribution in [1.82, 2.24) is 15.1 Å². The van der Waals surface area contributed by atoms with Crippen molar-refractivity contribution >= 4 is 22.9 Å². The number of aldehydes is 1. The fraction of sp³-hybridized carbons (Fsp3) is 0.400. The average Bonchev–Trinajstić information content (AvgIpc) is 2.85. The molecule has 1 aromatic heterocycles. The lowest BCUT2D eigenvalue weighted by molar-refractivity contribution is 0.0227. The zero-order chi connectivity index (χ0) is 23.0. The second-order valence-corrected chi connectivity index (χ2v) is 8.08. The van der Waals surface area contributed by atoms with E-state index in [0.717, 1.165) is 54.4 Å². The Morgan fingerprint density at radius 3 is 2.85 bits per heavy atom. The summed E-state index contributed by atoms with van der Waals surface area (Å²) in [6, 6.07) is 13.5. The number of aliphatic hydroxyl groups is 1. The second-order valence-electron chi connectivity index (χ2n) is 8.08. The first-order valence-corrected chi connectivity index (χ1v) is 11.4. The molecule has 1 unspecified atom stereocenters. The molecule has 8 nitrogen and oxygen atoms in total. The summed E-state index contributed by atoms with van der Waals surface area (Å²) in [4.78, 5) is 13.6. The first-order chi connectivity index (χ1) is 16.2. The maximum atomic E-state index is 11.3. The Hall–Kier alpha value is -3.07. The number of carbonyl (C=O) groups is 1. The number of nitrogens with one attached hydrogen (secondary N) is 1. The van der Waals surface area contributed by atoms with Gasteiger partial charge in [-0.1, -0.05) is 30.3 Å². The van der Waals surface area contributed by atoms with Crippen molar-refractivity contribution in [3.63, 3.8) is 0 Å². The van der Waals surface area contributed by atoms with Gasteiger partial charge in [0.2, 0.25) is 0 Å². The molecular weight excluding hydrogens is 420 g/mol. The summed E-state index contributed by atoms with van der Waals surface area (Å²) in [5, 5.41) is 23.9. The third-order valence-electron chi connectivity index (χ3n) is 5.85. The molecule has 3 aromatic rings. The number of fused-ring (bicyclic) bond motifs is 1. The molecule has 33 heavy (non-hydrogen) atoms. The summed E-state index contributed by atoms with van der Waals surface area (Å²) in [6.45, 7) is 5.23. The predicted molar refractivity (Wildman–Crippen MR) is 128 cm³/mol. The first kappa shape index (κ1) is 23.1. The topological polar surface area (TPSA) is 96.8 Å². The van der Waals surface area contributed by atoms with Gasteiger partial charge in [0.05, 0.1) is 6.61 Å². The van der Waals surface area contributed by atoms with Gasteiger partial charge in [-0.25, -0.2) is 0 Å². The average molecular weight is 451 g/mol. The summed E-state index contributed by atoms with van der Waals surface area (Å²) in [5.41, 5.74) is 1.96. The molecule has 1 aliphatic heterocycles. The molecular formula is C25H30N4O4. The maximum absolute atomic E-state index is 11.3. The highest BCUT2D eigenvalue weighted by atomic mass is 16.7. The van der Waals surface area contributed by atoms with Crippen LogP contribution in [0.2, 0.25) is 0 Å². The van der Waals surface area contributed by atoms with Crippen LogP contribution in [0.5, 0.6) is 5.75 Å². The van der Waals surface area contributed by atoms with E-state index in [2.05, 4.69) is 20.4 Å². The number of rotatable bonds is 10. The number of anilines is 1. The van der Waals surface area contributed by atoms with Crippen LogP contribution in [0.1, 0.15) is 30.1 Å². The van der Waals surface area contributed by atoms with Crippen molar-refractivity contribution in [2.24, 2.45) is 0 Å². The van der Waals surface area contributed by atoms with E-state index < -0.39 is 0 Å². The van der Waals surface area contributed by atoms with E-state index in [0.29, 0.717) is 30.2 Å². The van der Waals surface area contributed by atoms with E-state index in [4.69, 9.17) is 9.47 Å². The summed E-state index contributed by atoms with van der Waals surface area (Å²) in [5.74, 6) is 1.27. The maximum Gasteiger partial charge on any atom is 0.189 e. The standard InChI is InChI=1S/C25H30N4O4/c1-2-32-17-33-23-14-18(16-31)9-10-22(23)24-20-7-3-4-8-21(20)25(28-27-24)26-19-6-5-11-29(15-19)12-13-30/h3-4,7-10,14,16,19,30H,2,5-6,11-13,15,17H2,1H3,(H,26,28). The Bertz CT molecular complexity index is 1090. The minimum Gasteiger partial charge on any atom is -0.467 e. The number of aromatic nitrogens is 2. The van der Waals surface area contributed by atoms with Crippen molar-refractivity contribution in [2.75, 3.05) is 45.0 Å². The van der Waals surface area contributed by atoms with Gasteiger partial charge in [-0.05, 0) is 38.4 Å². The van der Waals surface area contributed by atoms with E-state index in [-0.39, 0.29) is 19.4 Å². The molecule has 0 radical (unpaired) electrons. The molecule has 0 aliphatic carbocycles. The number of hydrogen-bond donors (Lipinski definition) is 2. The molecule has 0 spiro atoms. The fourth-order valence-electron chi connectivity index (χ4n) is 4.24.